The van der Waals surface area contributed by atoms with Gasteiger partial charge in [0.05, 0.1) is 11.9 Å². The van der Waals surface area contributed by atoms with Gasteiger partial charge in [-0.05, 0) is 20.8 Å². The molecule has 0 aliphatic carbocycles. The molecular weight excluding hydrogens is 162 g/mol. The number of thiol groups is 1. The van der Waals surface area contributed by atoms with Gasteiger partial charge in [0.25, 0.3) is 0 Å². The minimum absolute atomic E-state index is 0.0655. The first-order valence-electron chi connectivity index (χ1n) is 3.60. The summed E-state index contributed by atoms with van der Waals surface area (Å²) in [5.41, 5.74) is -0.353. The molecule has 0 radical (unpaired) electrons. The molecule has 0 bridgehead atoms. The van der Waals surface area contributed by atoms with E-state index >= 15 is 0 Å². The number of carbonyl (C=O) groups excluding carboxylic acids is 1. The number of nitrogens with zero attached hydrogens (tertiary/aromatic N) is 1. The second kappa shape index (κ2) is 2.59. The van der Waals surface area contributed by atoms with Crippen molar-refractivity contribution in [3.63, 3.8) is 0 Å². The van der Waals surface area contributed by atoms with E-state index in [0.717, 1.165) is 0 Å². The quantitative estimate of drug-likeness (QED) is 0.612. The molecule has 11 heavy (non-hydrogen) atoms. The van der Waals surface area contributed by atoms with Crippen molar-refractivity contribution < 1.29 is 9.53 Å². The maximum atomic E-state index is 11.1. The molecule has 1 amide bonds. The average molecular weight is 175 g/mol. The van der Waals surface area contributed by atoms with Crippen molar-refractivity contribution in [1.82, 2.24) is 4.90 Å². The summed E-state index contributed by atoms with van der Waals surface area (Å²) >= 11 is 4.16. The smallest absolute Gasteiger partial charge is 0.411 e. The molecule has 0 spiro atoms. The molecule has 0 N–H and O–H groups in total. The van der Waals surface area contributed by atoms with E-state index in [0.29, 0.717) is 6.54 Å². The first kappa shape index (κ1) is 8.71. The van der Waals surface area contributed by atoms with E-state index in [1.54, 1.807) is 4.90 Å². The lowest BCUT2D eigenvalue weighted by Gasteiger charge is -2.17. The maximum Gasteiger partial charge on any atom is 0.411 e. The van der Waals surface area contributed by atoms with Crippen LogP contribution in [-0.2, 0) is 4.74 Å². The van der Waals surface area contributed by atoms with Gasteiger partial charge in [0, 0.05) is 0 Å². The van der Waals surface area contributed by atoms with Crippen LogP contribution in [0.3, 0.4) is 0 Å². The highest BCUT2D eigenvalue weighted by atomic mass is 32.1. The Bertz CT molecular complexity index is 179. The van der Waals surface area contributed by atoms with E-state index in [4.69, 9.17) is 4.74 Å². The summed E-state index contributed by atoms with van der Waals surface area (Å²) in [7, 11) is 0. The Morgan fingerprint density at radius 3 is 2.45 bits per heavy atom. The van der Waals surface area contributed by atoms with Crippen molar-refractivity contribution in [2.75, 3.05) is 6.54 Å². The monoisotopic (exact) mass is 175 g/mol. The van der Waals surface area contributed by atoms with Crippen LogP contribution in [0.4, 0.5) is 4.79 Å². The van der Waals surface area contributed by atoms with Crippen LogP contribution in [0.2, 0.25) is 0 Å². The Hall–Kier alpha value is -0.380. The fourth-order valence-electron chi connectivity index (χ4n) is 1.09. The van der Waals surface area contributed by atoms with Gasteiger partial charge in [-0.2, -0.15) is 12.6 Å². The highest BCUT2D eigenvalue weighted by Gasteiger charge is 2.38. The lowest BCUT2D eigenvalue weighted by Crippen LogP contribution is -2.32. The Kier molecular flexibility index (Phi) is 2.05. The number of hydrogen-bond donors (Lipinski definition) is 1. The summed E-state index contributed by atoms with van der Waals surface area (Å²) in [6, 6.07) is 0. The number of carbonyl (C=O) groups is 1. The summed E-state index contributed by atoms with van der Waals surface area (Å²) in [5.74, 6) is 0. The van der Waals surface area contributed by atoms with Crippen molar-refractivity contribution in [2.45, 2.75) is 31.7 Å². The van der Waals surface area contributed by atoms with Gasteiger partial charge in [-0.3, -0.25) is 4.90 Å². The molecule has 1 atom stereocenters. The van der Waals surface area contributed by atoms with Crippen molar-refractivity contribution in [3.05, 3.63) is 0 Å². The van der Waals surface area contributed by atoms with E-state index in [9.17, 15) is 4.79 Å². The largest absolute Gasteiger partial charge is 0.441 e. The minimum Gasteiger partial charge on any atom is -0.441 e. The van der Waals surface area contributed by atoms with Crippen LogP contribution in [0.15, 0.2) is 0 Å². The van der Waals surface area contributed by atoms with Crippen LogP contribution < -0.4 is 0 Å². The Morgan fingerprint density at radius 2 is 2.27 bits per heavy atom. The van der Waals surface area contributed by atoms with Crippen molar-refractivity contribution in [3.8, 4) is 0 Å². The van der Waals surface area contributed by atoms with Gasteiger partial charge in [0.1, 0.15) is 5.60 Å². The van der Waals surface area contributed by atoms with Crippen LogP contribution in [0, 0.1) is 0 Å². The lowest BCUT2D eigenvalue weighted by molar-refractivity contribution is 0.0859. The molecule has 1 unspecified atom stereocenters. The molecule has 0 aromatic heterocycles. The van der Waals surface area contributed by atoms with Crippen LogP contribution >= 0.6 is 12.6 Å². The molecule has 3 nitrogen and oxygen atoms in total. The first-order chi connectivity index (χ1) is 4.92. The highest BCUT2D eigenvalue weighted by molar-refractivity contribution is 7.80. The van der Waals surface area contributed by atoms with E-state index in [1.165, 1.54) is 0 Å². The zero-order chi connectivity index (χ0) is 8.65. The van der Waals surface area contributed by atoms with E-state index in [2.05, 4.69) is 12.6 Å². The van der Waals surface area contributed by atoms with Crippen LogP contribution in [0.1, 0.15) is 20.8 Å². The summed E-state index contributed by atoms with van der Waals surface area (Å²) in [6.07, 6.45) is -0.266. The molecule has 1 heterocycles. The van der Waals surface area contributed by atoms with Crippen LogP contribution in [0.25, 0.3) is 0 Å². The summed E-state index contributed by atoms with van der Waals surface area (Å²) < 4.78 is 5.06. The van der Waals surface area contributed by atoms with Gasteiger partial charge in [0.2, 0.25) is 0 Å². The number of amides is 1. The molecule has 1 fully saturated rings. The molecule has 1 aliphatic rings. The lowest BCUT2D eigenvalue weighted by atomic mass is 10.1. The molecule has 0 aromatic carbocycles. The molecule has 64 valence electrons. The van der Waals surface area contributed by atoms with Gasteiger partial charge in [-0.25, -0.2) is 4.79 Å². The second-order valence-electron chi connectivity index (χ2n) is 3.39. The second-order valence-corrected chi connectivity index (χ2v) is 4.13. The predicted octanol–water partition coefficient (Wildman–Crippen LogP) is 1.49. The van der Waals surface area contributed by atoms with E-state index < -0.39 is 0 Å². The van der Waals surface area contributed by atoms with Gasteiger partial charge in [0.15, 0.2) is 0 Å². The third-order valence-corrected chi connectivity index (χ3v) is 1.88. The first-order valence-corrected chi connectivity index (χ1v) is 4.12. The molecule has 1 aliphatic heterocycles. The fourth-order valence-corrected chi connectivity index (χ4v) is 1.26. The van der Waals surface area contributed by atoms with E-state index in [1.807, 2.05) is 20.8 Å². The minimum atomic E-state index is -0.353. The molecule has 4 heteroatoms. The van der Waals surface area contributed by atoms with Gasteiger partial charge in [-0.15, -0.1) is 0 Å². The molecule has 1 rings (SSSR count). The SMILES string of the molecule is CC(S)N1CC(C)(C)OC1=O. The number of ether oxygens (including phenoxy) is 1. The Morgan fingerprint density at radius 1 is 1.73 bits per heavy atom. The number of rotatable bonds is 1. The van der Waals surface area contributed by atoms with Crippen LogP contribution in [-0.4, -0.2) is 28.5 Å². The van der Waals surface area contributed by atoms with Crippen molar-refractivity contribution >= 4 is 18.7 Å². The van der Waals surface area contributed by atoms with Gasteiger partial charge >= 0.3 is 6.09 Å². The van der Waals surface area contributed by atoms with Crippen LogP contribution in [0.5, 0.6) is 0 Å². The predicted molar refractivity (Wildman–Crippen MR) is 45.7 cm³/mol. The molecule has 0 saturated carbocycles. The number of hydrogen-bond acceptors (Lipinski definition) is 3. The summed E-state index contributed by atoms with van der Waals surface area (Å²) in [6.45, 7) is 6.25. The van der Waals surface area contributed by atoms with Gasteiger partial charge in [-0.1, -0.05) is 0 Å². The third-order valence-electron chi connectivity index (χ3n) is 1.60. The summed E-state index contributed by atoms with van der Waals surface area (Å²) in [5, 5.41) is -0.0655. The number of cyclic esters (lactones) is 1. The molecule has 0 aromatic rings. The average Bonchev–Trinajstić information content (AvgIpc) is 2.05. The van der Waals surface area contributed by atoms with E-state index in [-0.39, 0.29) is 17.1 Å². The molecular formula is C7H13NO2S. The third kappa shape index (κ3) is 1.80. The summed E-state index contributed by atoms with van der Waals surface area (Å²) in [4.78, 5) is 12.7. The Labute approximate surface area is 72.1 Å². The fraction of sp³-hybridized carbons (Fsp3) is 0.857. The highest BCUT2D eigenvalue weighted by Crippen LogP contribution is 2.24. The maximum absolute atomic E-state index is 11.1. The zero-order valence-electron chi connectivity index (χ0n) is 7.00. The van der Waals surface area contributed by atoms with Crippen molar-refractivity contribution in [1.29, 1.82) is 0 Å². The van der Waals surface area contributed by atoms with Gasteiger partial charge < -0.3 is 4.74 Å². The topological polar surface area (TPSA) is 29.5 Å². The normalized spacial score (nSPS) is 25.1. The van der Waals surface area contributed by atoms with Crippen molar-refractivity contribution in [2.24, 2.45) is 0 Å². The zero-order valence-corrected chi connectivity index (χ0v) is 7.89. The molecule has 1 saturated heterocycles. The Balaban J connectivity index is 2.67. The standard InChI is InChI=1S/C7H13NO2S/c1-5(11)8-4-7(2,3)10-6(8)9/h5,11H,4H2,1-3H3.